The Hall–Kier alpha value is -1.36. The number of halogens is 1. The number of rotatable bonds is 2. The fourth-order valence-corrected chi connectivity index (χ4v) is 1.42. The zero-order chi connectivity index (χ0) is 10.9. The average Bonchev–Trinajstić information content (AvgIpc) is 2.01. The van der Waals surface area contributed by atoms with Crippen LogP contribution in [0, 0.1) is 17.0 Å². The van der Waals surface area contributed by atoms with Gasteiger partial charge >= 0.3 is 5.69 Å². The maximum absolute atomic E-state index is 10.7. The van der Waals surface area contributed by atoms with E-state index in [-0.39, 0.29) is 10.8 Å². The van der Waals surface area contributed by atoms with Gasteiger partial charge < -0.3 is 4.90 Å². The number of nitrogens with zero attached hydrogens (tertiary/aromatic N) is 3. The van der Waals surface area contributed by atoms with Crippen LogP contribution < -0.4 is 4.90 Å². The number of hydrogen-bond acceptors (Lipinski definition) is 4. The van der Waals surface area contributed by atoms with Crippen molar-refractivity contribution in [1.29, 1.82) is 0 Å². The molecule has 0 atom stereocenters. The molecular weight excluding hydrogens is 206 g/mol. The van der Waals surface area contributed by atoms with E-state index in [9.17, 15) is 10.1 Å². The summed E-state index contributed by atoms with van der Waals surface area (Å²) in [5.41, 5.74) is 0.971. The molecule has 0 aromatic carbocycles. The van der Waals surface area contributed by atoms with Gasteiger partial charge in [0, 0.05) is 19.8 Å². The van der Waals surface area contributed by atoms with Gasteiger partial charge in [-0.15, -0.1) is 0 Å². The van der Waals surface area contributed by atoms with Crippen molar-refractivity contribution in [3.8, 4) is 0 Å². The summed E-state index contributed by atoms with van der Waals surface area (Å²) in [6, 6.07) is 1.63. The van der Waals surface area contributed by atoms with Crippen molar-refractivity contribution in [3.05, 3.63) is 27.0 Å². The first-order chi connectivity index (χ1) is 6.43. The monoisotopic (exact) mass is 215 g/mol. The Morgan fingerprint density at radius 3 is 2.57 bits per heavy atom. The highest BCUT2D eigenvalue weighted by molar-refractivity contribution is 6.32. The van der Waals surface area contributed by atoms with E-state index in [0.29, 0.717) is 11.4 Å². The lowest BCUT2D eigenvalue weighted by Crippen LogP contribution is -2.12. The molecule has 1 heterocycles. The number of hydrogen-bond donors (Lipinski definition) is 0. The van der Waals surface area contributed by atoms with E-state index in [2.05, 4.69) is 4.98 Å². The van der Waals surface area contributed by atoms with Gasteiger partial charge in [0.25, 0.3) is 0 Å². The van der Waals surface area contributed by atoms with Crippen LogP contribution in [-0.4, -0.2) is 24.0 Å². The van der Waals surface area contributed by atoms with Crippen LogP contribution in [0.4, 0.5) is 11.4 Å². The molecule has 0 aliphatic heterocycles. The molecule has 6 heteroatoms. The predicted octanol–water partition coefficient (Wildman–Crippen LogP) is 2.02. The third-order valence-corrected chi connectivity index (χ3v) is 1.99. The third-order valence-electron chi connectivity index (χ3n) is 1.72. The average molecular weight is 216 g/mol. The second-order valence-corrected chi connectivity index (χ2v) is 3.43. The molecule has 5 nitrogen and oxygen atoms in total. The Kier molecular flexibility index (Phi) is 2.90. The van der Waals surface area contributed by atoms with Crippen LogP contribution in [0.5, 0.6) is 0 Å². The zero-order valence-corrected chi connectivity index (χ0v) is 8.87. The second-order valence-electron chi connectivity index (χ2n) is 3.07. The number of aryl methyl sites for hydroxylation is 1. The van der Waals surface area contributed by atoms with Crippen molar-refractivity contribution in [2.24, 2.45) is 0 Å². The summed E-state index contributed by atoms with van der Waals surface area (Å²) in [5, 5.41) is 10.6. The third kappa shape index (κ3) is 1.93. The minimum atomic E-state index is -0.524. The van der Waals surface area contributed by atoms with E-state index in [1.54, 1.807) is 32.0 Å². The molecule has 0 spiro atoms. The first-order valence-corrected chi connectivity index (χ1v) is 4.30. The molecule has 0 N–H and O–H groups in total. The molecule has 0 fully saturated rings. The molecule has 0 radical (unpaired) electrons. The molecule has 0 saturated heterocycles. The largest absolute Gasteiger partial charge is 0.372 e. The molecule has 1 aromatic heterocycles. The van der Waals surface area contributed by atoms with Crippen LogP contribution in [0.1, 0.15) is 5.69 Å². The van der Waals surface area contributed by atoms with E-state index >= 15 is 0 Å². The molecule has 0 saturated carbocycles. The maximum Gasteiger partial charge on any atom is 0.329 e. The fraction of sp³-hybridized carbons (Fsp3) is 0.375. The molecule has 0 unspecified atom stereocenters. The molecule has 14 heavy (non-hydrogen) atoms. The lowest BCUT2D eigenvalue weighted by atomic mass is 10.3. The topological polar surface area (TPSA) is 59.3 Å². The number of aromatic nitrogens is 1. The fourth-order valence-electron chi connectivity index (χ4n) is 1.12. The Bertz CT molecular complexity index is 379. The smallest absolute Gasteiger partial charge is 0.329 e. The van der Waals surface area contributed by atoms with Gasteiger partial charge in [0.1, 0.15) is 5.69 Å². The summed E-state index contributed by atoms with van der Waals surface area (Å²) >= 11 is 5.69. The summed E-state index contributed by atoms with van der Waals surface area (Å²) in [4.78, 5) is 15.7. The van der Waals surface area contributed by atoms with Crippen molar-refractivity contribution < 1.29 is 4.92 Å². The summed E-state index contributed by atoms with van der Waals surface area (Å²) < 4.78 is 0. The normalized spacial score (nSPS) is 10.0. The van der Waals surface area contributed by atoms with Gasteiger partial charge in [0.2, 0.25) is 5.15 Å². The second kappa shape index (κ2) is 3.79. The van der Waals surface area contributed by atoms with Gasteiger partial charge in [-0.1, -0.05) is 11.6 Å². The molecular formula is C8H10ClN3O2. The van der Waals surface area contributed by atoms with Gasteiger partial charge in [0.15, 0.2) is 0 Å². The van der Waals surface area contributed by atoms with Crippen molar-refractivity contribution in [3.63, 3.8) is 0 Å². The number of pyridine rings is 1. The maximum atomic E-state index is 10.7. The summed E-state index contributed by atoms with van der Waals surface area (Å²) in [5.74, 6) is 0. The Labute approximate surface area is 86.5 Å². The quantitative estimate of drug-likeness (QED) is 0.430. The van der Waals surface area contributed by atoms with Gasteiger partial charge in [-0.25, -0.2) is 4.98 Å². The molecule has 0 amide bonds. The molecule has 0 aliphatic rings. The van der Waals surface area contributed by atoms with E-state index in [1.165, 1.54) is 0 Å². The van der Waals surface area contributed by atoms with Crippen LogP contribution in [-0.2, 0) is 0 Å². The number of nitro groups is 1. The van der Waals surface area contributed by atoms with Gasteiger partial charge in [0.05, 0.1) is 4.92 Å². The minimum Gasteiger partial charge on any atom is -0.372 e. The van der Waals surface area contributed by atoms with Gasteiger partial charge in [-0.05, 0) is 13.0 Å². The van der Waals surface area contributed by atoms with Crippen LogP contribution in [0.25, 0.3) is 0 Å². The van der Waals surface area contributed by atoms with Crippen LogP contribution in [0.15, 0.2) is 6.07 Å². The highest BCUT2D eigenvalue weighted by Gasteiger charge is 2.21. The molecule has 1 rings (SSSR count). The number of anilines is 1. The summed E-state index contributed by atoms with van der Waals surface area (Å²) in [7, 11) is 3.44. The minimum absolute atomic E-state index is 0.0706. The lowest BCUT2D eigenvalue weighted by Gasteiger charge is -2.13. The van der Waals surface area contributed by atoms with E-state index < -0.39 is 4.92 Å². The van der Waals surface area contributed by atoms with Crippen LogP contribution in [0.3, 0.4) is 0 Å². The Morgan fingerprint density at radius 2 is 2.14 bits per heavy atom. The van der Waals surface area contributed by atoms with Crippen molar-refractivity contribution >= 4 is 23.0 Å². The van der Waals surface area contributed by atoms with E-state index in [1.807, 2.05) is 0 Å². The van der Waals surface area contributed by atoms with Crippen molar-refractivity contribution in [2.45, 2.75) is 6.92 Å². The van der Waals surface area contributed by atoms with Gasteiger partial charge in [-0.3, -0.25) is 10.1 Å². The highest BCUT2D eigenvalue weighted by Crippen LogP contribution is 2.33. The van der Waals surface area contributed by atoms with E-state index in [0.717, 1.165) is 0 Å². The van der Waals surface area contributed by atoms with Crippen LogP contribution >= 0.6 is 11.6 Å². The van der Waals surface area contributed by atoms with Crippen molar-refractivity contribution in [1.82, 2.24) is 4.98 Å². The molecule has 76 valence electrons. The van der Waals surface area contributed by atoms with Crippen molar-refractivity contribution in [2.75, 3.05) is 19.0 Å². The predicted molar refractivity (Wildman–Crippen MR) is 55.0 cm³/mol. The standard InChI is InChI=1S/C8H10ClN3O2/c1-5-4-6(11(2)3)7(12(13)14)8(9)10-5/h4H,1-3H3. The molecule has 0 aliphatic carbocycles. The van der Waals surface area contributed by atoms with Gasteiger partial charge in [-0.2, -0.15) is 0 Å². The SMILES string of the molecule is Cc1cc(N(C)C)c([N+](=O)[O-])c(Cl)n1. The van der Waals surface area contributed by atoms with E-state index in [4.69, 9.17) is 11.6 Å². The molecule has 0 bridgehead atoms. The Balaban J connectivity index is 3.44. The zero-order valence-electron chi connectivity index (χ0n) is 8.11. The first kappa shape index (κ1) is 10.7. The Morgan fingerprint density at radius 1 is 1.57 bits per heavy atom. The summed E-state index contributed by atoms with van der Waals surface area (Å²) in [6.45, 7) is 1.74. The molecule has 1 aromatic rings. The first-order valence-electron chi connectivity index (χ1n) is 3.92. The highest BCUT2D eigenvalue weighted by atomic mass is 35.5. The van der Waals surface area contributed by atoms with Crippen LogP contribution in [0.2, 0.25) is 5.15 Å². The summed E-state index contributed by atoms with van der Waals surface area (Å²) in [6.07, 6.45) is 0. The lowest BCUT2D eigenvalue weighted by molar-refractivity contribution is -0.384.